The van der Waals surface area contributed by atoms with E-state index in [-0.39, 0.29) is 17.9 Å². The number of aliphatic hydroxyl groups is 1. The van der Waals surface area contributed by atoms with Crippen molar-refractivity contribution in [1.82, 2.24) is 4.90 Å². The maximum absolute atomic E-state index is 13.1. The predicted octanol–water partition coefficient (Wildman–Crippen LogP) is 2.19. The van der Waals surface area contributed by atoms with Gasteiger partial charge in [0.25, 0.3) is 5.91 Å². The summed E-state index contributed by atoms with van der Waals surface area (Å²) in [7, 11) is 0. The van der Waals surface area contributed by atoms with Crippen LogP contribution in [0, 0.1) is 5.82 Å². The van der Waals surface area contributed by atoms with E-state index in [4.69, 9.17) is 14.3 Å². The van der Waals surface area contributed by atoms with E-state index in [2.05, 4.69) is 0 Å². The smallest absolute Gasteiger partial charge is 0.371 e. The van der Waals surface area contributed by atoms with Crippen molar-refractivity contribution in [3.63, 3.8) is 0 Å². The minimum Gasteiger partial charge on any atom is -0.502 e. The number of ether oxygens (including phenoxy) is 1. The Morgan fingerprint density at radius 3 is 2.38 bits per heavy atom. The molecule has 3 rings (SSSR count). The number of carboxylic acids is 1. The molecule has 2 heterocycles. The molecule has 0 saturated carbocycles. The van der Waals surface area contributed by atoms with Gasteiger partial charge in [0.2, 0.25) is 11.5 Å². The molecule has 29 heavy (non-hydrogen) atoms. The van der Waals surface area contributed by atoms with Gasteiger partial charge in [0, 0.05) is 31.1 Å². The van der Waals surface area contributed by atoms with Gasteiger partial charge in [-0.05, 0) is 23.8 Å². The number of ketones is 1. The molecule has 1 aromatic carbocycles. The van der Waals surface area contributed by atoms with Crippen LogP contribution in [0.3, 0.4) is 0 Å². The molecule has 2 aromatic rings. The van der Waals surface area contributed by atoms with Crippen LogP contribution in [0.1, 0.15) is 32.2 Å². The van der Waals surface area contributed by atoms with E-state index in [1.165, 1.54) is 35.2 Å². The van der Waals surface area contributed by atoms with Crippen molar-refractivity contribution in [2.45, 2.75) is 6.42 Å². The van der Waals surface area contributed by atoms with Crippen LogP contribution in [0.4, 0.5) is 4.39 Å². The summed E-state index contributed by atoms with van der Waals surface area (Å²) in [5, 5.41) is 18.1. The van der Waals surface area contributed by atoms with Gasteiger partial charge in [-0.3, -0.25) is 9.59 Å². The number of rotatable bonds is 6. The van der Waals surface area contributed by atoms with Crippen LogP contribution in [-0.4, -0.2) is 59.1 Å². The van der Waals surface area contributed by atoms with E-state index in [9.17, 15) is 23.9 Å². The predicted molar refractivity (Wildman–Crippen MR) is 97.3 cm³/mol. The molecule has 0 bridgehead atoms. The third-order valence-electron chi connectivity index (χ3n) is 4.34. The molecule has 1 aliphatic rings. The third-order valence-corrected chi connectivity index (χ3v) is 4.34. The van der Waals surface area contributed by atoms with Crippen molar-refractivity contribution in [2.75, 3.05) is 26.3 Å². The zero-order valence-electron chi connectivity index (χ0n) is 15.3. The van der Waals surface area contributed by atoms with Crippen LogP contribution in [0.5, 0.6) is 0 Å². The summed E-state index contributed by atoms with van der Waals surface area (Å²) in [6.07, 6.45) is 0.654. The Bertz CT molecular complexity index is 956. The molecule has 1 fully saturated rings. The van der Waals surface area contributed by atoms with Gasteiger partial charge >= 0.3 is 5.97 Å². The number of amides is 1. The van der Waals surface area contributed by atoms with E-state index in [0.29, 0.717) is 43.5 Å². The summed E-state index contributed by atoms with van der Waals surface area (Å²) in [6.45, 7) is 1.51. The zero-order chi connectivity index (χ0) is 21.0. The van der Waals surface area contributed by atoms with Crippen LogP contribution in [0.2, 0.25) is 0 Å². The molecule has 0 spiro atoms. The highest BCUT2D eigenvalue weighted by Gasteiger charge is 2.26. The van der Waals surface area contributed by atoms with Gasteiger partial charge in [0.1, 0.15) is 5.82 Å². The number of allylic oxidation sites excluding steroid dienone is 1. The highest BCUT2D eigenvalue weighted by atomic mass is 19.1. The van der Waals surface area contributed by atoms with Crippen molar-refractivity contribution in [2.24, 2.45) is 0 Å². The lowest BCUT2D eigenvalue weighted by atomic mass is 10.0. The molecule has 9 heteroatoms. The number of hydrogen-bond donors (Lipinski definition) is 2. The van der Waals surface area contributed by atoms with Crippen LogP contribution in [-0.2, 0) is 16.0 Å². The number of aliphatic hydroxyl groups excluding tert-OH is 1. The molecular weight excluding hydrogens is 385 g/mol. The second-order valence-corrected chi connectivity index (χ2v) is 6.37. The Hall–Kier alpha value is -3.46. The number of furan rings is 1. The average molecular weight is 403 g/mol. The second-order valence-electron chi connectivity index (χ2n) is 6.37. The van der Waals surface area contributed by atoms with E-state index < -0.39 is 29.2 Å². The fourth-order valence-electron chi connectivity index (χ4n) is 2.87. The Morgan fingerprint density at radius 2 is 1.76 bits per heavy atom. The first-order valence-corrected chi connectivity index (χ1v) is 8.77. The third kappa shape index (κ3) is 4.88. The standard InChI is InChI=1S/C20H18FNO7/c21-14-3-1-12(2-4-14)9-13-10-17(19(25)22-5-7-28-8-6-22)29-18(13)15(23)11-16(24)20(26)27/h1-4,10-11,24H,5-9H2,(H,26,27). The maximum atomic E-state index is 13.1. The number of carbonyl (C=O) groups excluding carboxylic acids is 2. The largest absolute Gasteiger partial charge is 0.502 e. The monoisotopic (exact) mass is 403 g/mol. The molecule has 1 aromatic heterocycles. The summed E-state index contributed by atoms with van der Waals surface area (Å²) in [4.78, 5) is 37.4. The SMILES string of the molecule is O=C(O)C(O)=CC(=O)c1oc(C(=O)N2CCOCC2)cc1Cc1ccc(F)cc1. The van der Waals surface area contributed by atoms with Gasteiger partial charge in [-0.2, -0.15) is 0 Å². The number of benzene rings is 1. The summed E-state index contributed by atoms with van der Waals surface area (Å²) in [6, 6.07) is 6.95. The second kappa shape index (κ2) is 8.70. The lowest BCUT2D eigenvalue weighted by Gasteiger charge is -2.25. The van der Waals surface area contributed by atoms with Gasteiger partial charge in [0.05, 0.1) is 13.2 Å². The van der Waals surface area contributed by atoms with Gasteiger partial charge in [-0.1, -0.05) is 12.1 Å². The van der Waals surface area contributed by atoms with Crippen molar-refractivity contribution >= 4 is 17.7 Å². The Balaban J connectivity index is 1.94. The molecule has 0 radical (unpaired) electrons. The van der Waals surface area contributed by atoms with Crippen molar-refractivity contribution < 1.29 is 38.1 Å². The summed E-state index contributed by atoms with van der Waals surface area (Å²) < 4.78 is 23.8. The van der Waals surface area contributed by atoms with Crippen LogP contribution >= 0.6 is 0 Å². The minimum atomic E-state index is -1.67. The maximum Gasteiger partial charge on any atom is 0.371 e. The molecule has 2 N–H and O–H groups in total. The first-order valence-electron chi connectivity index (χ1n) is 8.77. The number of carbonyl (C=O) groups is 3. The van der Waals surface area contributed by atoms with Gasteiger partial charge in [-0.25, -0.2) is 9.18 Å². The molecule has 1 aliphatic heterocycles. The van der Waals surface area contributed by atoms with E-state index in [1.807, 2.05) is 0 Å². The summed E-state index contributed by atoms with van der Waals surface area (Å²) in [5.41, 5.74) is 0.964. The quantitative estimate of drug-likeness (QED) is 0.431. The Morgan fingerprint density at radius 1 is 1.10 bits per heavy atom. The number of hydrogen-bond acceptors (Lipinski definition) is 6. The molecule has 0 unspecified atom stereocenters. The highest BCUT2D eigenvalue weighted by Crippen LogP contribution is 2.23. The van der Waals surface area contributed by atoms with Crippen LogP contribution in [0.25, 0.3) is 0 Å². The molecule has 1 saturated heterocycles. The van der Waals surface area contributed by atoms with Gasteiger partial charge < -0.3 is 24.3 Å². The molecule has 1 amide bonds. The molecule has 0 aliphatic carbocycles. The van der Waals surface area contributed by atoms with E-state index >= 15 is 0 Å². The lowest BCUT2D eigenvalue weighted by molar-refractivity contribution is -0.135. The summed E-state index contributed by atoms with van der Waals surface area (Å²) >= 11 is 0. The first kappa shape index (κ1) is 20.3. The molecule has 152 valence electrons. The minimum absolute atomic E-state index is 0.0874. The van der Waals surface area contributed by atoms with Gasteiger partial charge in [0.15, 0.2) is 11.5 Å². The molecular formula is C20H18FNO7. The van der Waals surface area contributed by atoms with Crippen molar-refractivity contribution in [1.29, 1.82) is 0 Å². The average Bonchev–Trinajstić information content (AvgIpc) is 3.13. The molecule has 0 atom stereocenters. The Labute approximate surface area is 164 Å². The molecule has 8 nitrogen and oxygen atoms in total. The lowest BCUT2D eigenvalue weighted by Crippen LogP contribution is -2.40. The van der Waals surface area contributed by atoms with Crippen LogP contribution < -0.4 is 0 Å². The fourth-order valence-corrected chi connectivity index (χ4v) is 2.87. The normalized spacial score (nSPS) is 14.7. The van der Waals surface area contributed by atoms with Gasteiger partial charge in [-0.15, -0.1) is 0 Å². The number of aliphatic carboxylic acids is 1. The Kier molecular flexibility index (Phi) is 6.08. The topological polar surface area (TPSA) is 117 Å². The summed E-state index contributed by atoms with van der Waals surface area (Å²) in [5.74, 6) is -4.93. The van der Waals surface area contributed by atoms with E-state index in [0.717, 1.165) is 0 Å². The van der Waals surface area contributed by atoms with Crippen LogP contribution in [0.15, 0.2) is 46.6 Å². The fraction of sp³-hybridized carbons (Fsp3) is 0.250. The number of carboxylic acid groups (broad SMARTS) is 1. The van der Waals surface area contributed by atoms with Crippen molar-refractivity contribution in [3.05, 3.63) is 70.6 Å². The number of morpholine rings is 1. The highest BCUT2D eigenvalue weighted by molar-refractivity contribution is 6.07. The number of nitrogens with zero attached hydrogens (tertiary/aromatic N) is 1. The van der Waals surface area contributed by atoms with E-state index in [1.54, 1.807) is 0 Å². The number of halogens is 1. The first-order chi connectivity index (χ1) is 13.8. The van der Waals surface area contributed by atoms with Crippen molar-refractivity contribution in [3.8, 4) is 0 Å². The zero-order valence-corrected chi connectivity index (χ0v) is 15.3.